The van der Waals surface area contributed by atoms with Crippen molar-refractivity contribution in [3.8, 4) is 0 Å². The van der Waals surface area contributed by atoms with Crippen LogP contribution in [-0.2, 0) is 21.2 Å². The van der Waals surface area contributed by atoms with Crippen LogP contribution in [-0.4, -0.2) is 67.1 Å². The average molecular weight is 678 g/mol. The molecule has 8 nitrogen and oxygen atoms in total. The molecule has 2 amide bonds. The number of nitrogens with one attached hydrogen (secondary N) is 1. The quantitative estimate of drug-likeness (QED) is 0.221. The maximum absolute atomic E-state index is 13.6. The van der Waals surface area contributed by atoms with E-state index < -0.39 is 11.0 Å². The highest BCUT2D eigenvalue weighted by molar-refractivity contribution is 7.83. The van der Waals surface area contributed by atoms with Crippen molar-refractivity contribution in [1.82, 2.24) is 24.1 Å². The van der Waals surface area contributed by atoms with Gasteiger partial charge in [-0.15, -0.1) is 0 Å². The number of aryl methyl sites for hydroxylation is 1. The van der Waals surface area contributed by atoms with Crippen LogP contribution in [0.25, 0.3) is 11.0 Å². The van der Waals surface area contributed by atoms with Gasteiger partial charge in [0.2, 0.25) is 5.91 Å². The highest BCUT2D eigenvalue weighted by Crippen LogP contribution is 2.76. The Labute approximate surface area is 291 Å². The van der Waals surface area contributed by atoms with Gasteiger partial charge >= 0.3 is 0 Å². The van der Waals surface area contributed by atoms with E-state index in [2.05, 4.69) is 82.6 Å². The maximum atomic E-state index is 13.6. The highest BCUT2D eigenvalue weighted by atomic mass is 32.2. The third-order valence-corrected chi connectivity index (χ3v) is 13.7. The van der Waals surface area contributed by atoms with Gasteiger partial charge in [0.15, 0.2) is 11.0 Å². The average Bonchev–Trinajstić information content (AvgIpc) is 3.32. The summed E-state index contributed by atoms with van der Waals surface area (Å²) in [6, 6.07) is 28.2. The Bertz CT molecular complexity index is 1920. The predicted molar refractivity (Wildman–Crippen MR) is 192 cm³/mol. The minimum Gasteiger partial charge on any atom is -0.339 e. The molecule has 3 heterocycles. The van der Waals surface area contributed by atoms with Crippen LogP contribution in [0.5, 0.6) is 0 Å². The van der Waals surface area contributed by atoms with Crippen molar-refractivity contribution in [3.63, 3.8) is 0 Å². The van der Waals surface area contributed by atoms with E-state index in [0.717, 1.165) is 43.1 Å². The molecule has 2 saturated heterocycles. The first-order valence-electron chi connectivity index (χ1n) is 18.0. The van der Waals surface area contributed by atoms with E-state index in [1.807, 2.05) is 4.90 Å². The van der Waals surface area contributed by atoms with Gasteiger partial charge in [0.25, 0.3) is 5.91 Å². The van der Waals surface area contributed by atoms with Crippen molar-refractivity contribution in [2.24, 2.45) is 17.3 Å². The van der Waals surface area contributed by atoms with E-state index in [0.29, 0.717) is 47.1 Å². The van der Waals surface area contributed by atoms with Crippen LogP contribution in [0.4, 0.5) is 0 Å². The fourth-order valence-electron chi connectivity index (χ4n) is 9.94. The molecule has 2 saturated carbocycles. The van der Waals surface area contributed by atoms with E-state index >= 15 is 0 Å². The molecule has 2 aliphatic heterocycles. The summed E-state index contributed by atoms with van der Waals surface area (Å²) in [4.78, 5) is 35.8. The Hall–Kier alpha value is -3.82. The lowest BCUT2D eigenvalue weighted by Gasteiger charge is -2.48. The van der Waals surface area contributed by atoms with Crippen molar-refractivity contribution in [2.45, 2.75) is 88.2 Å². The normalized spacial score (nSPS) is 27.7. The first kappa shape index (κ1) is 32.4. The van der Waals surface area contributed by atoms with Crippen molar-refractivity contribution in [3.05, 3.63) is 95.8 Å². The maximum Gasteiger partial charge on any atom is 0.253 e. The summed E-state index contributed by atoms with van der Waals surface area (Å²) in [5.41, 5.74) is 4.82. The number of rotatable bonds is 9. The van der Waals surface area contributed by atoms with Gasteiger partial charge in [-0.3, -0.25) is 19.2 Å². The summed E-state index contributed by atoms with van der Waals surface area (Å²) in [6.07, 6.45) is 5.40. The number of hydrogen-bond donors (Lipinski definition) is 1. The second kappa shape index (κ2) is 12.2. The minimum absolute atomic E-state index is 0.00357. The molecule has 9 heteroatoms. The van der Waals surface area contributed by atoms with Gasteiger partial charge in [-0.25, -0.2) is 9.19 Å². The summed E-state index contributed by atoms with van der Waals surface area (Å²) < 4.78 is 17.6. The number of para-hydroxylation sites is 2. The Morgan fingerprint density at radius 3 is 2.39 bits per heavy atom. The number of likely N-dealkylation sites (tertiary alicyclic amines) is 2. The lowest BCUT2D eigenvalue weighted by molar-refractivity contribution is -0.122. The predicted octanol–water partition coefficient (Wildman–Crippen LogP) is 6.43. The molecule has 5 unspecified atom stereocenters. The van der Waals surface area contributed by atoms with Gasteiger partial charge < -0.3 is 9.47 Å². The number of carbonyl (C=O) groups excluding carboxylic acids is 2. The molecule has 1 spiro atoms. The molecule has 4 aromatic rings. The number of aromatic nitrogens is 2. The number of benzene rings is 3. The van der Waals surface area contributed by atoms with Gasteiger partial charge in [0, 0.05) is 48.1 Å². The van der Waals surface area contributed by atoms with E-state index in [4.69, 9.17) is 4.98 Å². The number of imidazole rings is 1. The lowest BCUT2D eigenvalue weighted by Crippen LogP contribution is -2.55. The molecule has 2 aliphatic carbocycles. The topological polar surface area (TPSA) is 87.5 Å². The minimum atomic E-state index is -1.65. The van der Waals surface area contributed by atoms with E-state index in [1.54, 1.807) is 38.1 Å². The van der Waals surface area contributed by atoms with Crippen LogP contribution in [0.1, 0.15) is 80.7 Å². The Balaban J connectivity index is 0.943. The number of fused-ring (bicyclic) bond motifs is 1. The van der Waals surface area contributed by atoms with E-state index in [-0.39, 0.29) is 23.1 Å². The molecule has 1 N–H and O–H groups in total. The van der Waals surface area contributed by atoms with Crippen LogP contribution in [0.15, 0.2) is 83.8 Å². The zero-order valence-electron chi connectivity index (χ0n) is 29.0. The summed E-state index contributed by atoms with van der Waals surface area (Å²) in [5, 5.41) is 0. The number of nitrogens with zero attached hydrogens (tertiary/aromatic N) is 4. The molecule has 0 radical (unpaired) electrons. The SMILES string of the molecule is Cc1nc2ccccc2n1C1CC2N(CCC3(c4ccccc4)CCN(C(=O)c4ccc(S(=O)NC(=O)C(C)C)cc4)CC3)C3[C@H](C)C23C1. The highest BCUT2D eigenvalue weighted by Gasteiger charge is 2.80. The summed E-state index contributed by atoms with van der Waals surface area (Å²) in [5.74, 6) is 1.35. The van der Waals surface area contributed by atoms with Crippen molar-refractivity contribution >= 4 is 33.8 Å². The third kappa shape index (κ3) is 5.27. The first-order valence-corrected chi connectivity index (χ1v) is 19.1. The Morgan fingerprint density at radius 2 is 1.67 bits per heavy atom. The van der Waals surface area contributed by atoms with Gasteiger partial charge in [-0.1, -0.05) is 63.2 Å². The molecule has 4 fully saturated rings. The molecule has 0 bridgehead atoms. The largest absolute Gasteiger partial charge is 0.339 e. The second-order valence-corrected chi connectivity index (χ2v) is 16.5. The summed E-state index contributed by atoms with van der Waals surface area (Å²) in [7, 11) is -1.65. The molecule has 8 rings (SSSR count). The summed E-state index contributed by atoms with van der Waals surface area (Å²) >= 11 is 0. The zero-order valence-corrected chi connectivity index (χ0v) is 29.8. The molecule has 3 aromatic carbocycles. The summed E-state index contributed by atoms with van der Waals surface area (Å²) in [6.45, 7) is 10.7. The van der Waals surface area contributed by atoms with Crippen LogP contribution in [0, 0.1) is 24.2 Å². The number of carbonyl (C=O) groups is 2. The van der Waals surface area contributed by atoms with Gasteiger partial charge in [-0.05, 0) is 98.9 Å². The zero-order chi connectivity index (χ0) is 34.1. The molecule has 49 heavy (non-hydrogen) atoms. The monoisotopic (exact) mass is 677 g/mol. The number of hydrogen-bond acceptors (Lipinski definition) is 5. The van der Waals surface area contributed by atoms with Crippen molar-refractivity contribution in [2.75, 3.05) is 19.6 Å². The van der Waals surface area contributed by atoms with Gasteiger partial charge in [0.1, 0.15) is 5.82 Å². The fourth-order valence-corrected chi connectivity index (χ4v) is 10.9. The first-order chi connectivity index (χ1) is 23.6. The van der Waals surface area contributed by atoms with Crippen LogP contribution >= 0.6 is 0 Å². The second-order valence-electron chi connectivity index (χ2n) is 15.3. The van der Waals surface area contributed by atoms with Crippen LogP contribution in [0.3, 0.4) is 0 Å². The Morgan fingerprint density at radius 1 is 0.980 bits per heavy atom. The standard InChI is InChI=1S/C40H47N5O3S/c1-26(2)37(46)42-49(48)32-16-14-29(15-17-32)38(47)43-21-18-39(19-22-43,30-10-6-5-7-11-30)20-23-44-35-24-31(25-40(35)27(3)36(40)44)45-28(4)41-33-12-8-9-13-34(33)45/h5-17,26-27,31,35-36H,18-25H2,1-4H3,(H,42,46)/t27-,31?,35?,36?,40?,49?/m0/s1. The van der Waals surface area contributed by atoms with Crippen molar-refractivity contribution in [1.29, 1.82) is 0 Å². The fraction of sp³-hybridized carbons (Fsp3) is 0.475. The molecule has 4 aliphatic rings. The number of piperidine rings is 1. The van der Waals surface area contributed by atoms with E-state index in [9.17, 15) is 13.8 Å². The van der Waals surface area contributed by atoms with Crippen LogP contribution in [0.2, 0.25) is 0 Å². The molecular formula is C40H47N5O3S. The lowest BCUT2D eigenvalue weighted by atomic mass is 9.70. The smallest absolute Gasteiger partial charge is 0.253 e. The molecule has 1 aromatic heterocycles. The molecule has 6 atom stereocenters. The number of amides is 2. The van der Waals surface area contributed by atoms with E-state index in [1.165, 1.54) is 23.9 Å². The van der Waals surface area contributed by atoms with Gasteiger partial charge in [-0.2, -0.15) is 0 Å². The third-order valence-electron chi connectivity index (χ3n) is 12.6. The van der Waals surface area contributed by atoms with Gasteiger partial charge in [0.05, 0.1) is 15.9 Å². The van der Waals surface area contributed by atoms with Crippen molar-refractivity contribution < 1.29 is 13.8 Å². The van der Waals surface area contributed by atoms with Crippen LogP contribution < -0.4 is 4.72 Å². The molecular weight excluding hydrogens is 631 g/mol. The Kier molecular flexibility index (Phi) is 8.06. The molecule has 256 valence electrons.